The van der Waals surface area contributed by atoms with E-state index >= 15 is 0 Å². The average molecular weight is 279 g/mol. The molecule has 0 saturated heterocycles. The zero-order valence-corrected chi connectivity index (χ0v) is 12.1. The number of ether oxygens (including phenoxy) is 1. The topological polar surface area (TPSA) is 29.5 Å². The smallest absolute Gasteiger partial charge is 0.210 e. The molecule has 1 unspecified atom stereocenters. The highest BCUT2D eigenvalue weighted by atomic mass is 16.5. The molecule has 0 saturated carbocycles. The lowest BCUT2D eigenvalue weighted by Crippen LogP contribution is -2.26. The van der Waals surface area contributed by atoms with Crippen molar-refractivity contribution in [3.8, 4) is 5.75 Å². The van der Waals surface area contributed by atoms with Gasteiger partial charge in [-0.3, -0.25) is 4.79 Å². The zero-order valence-electron chi connectivity index (χ0n) is 12.1. The lowest BCUT2D eigenvalue weighted by atomic mass is 9.92. The van der Waals surface area contributed by atoms with Crippen LogP contribution in [0.15, 0.2) is 60.8 Å². The molecule has 1 atom stereocenters. The summed E-state index contributed by atoms with van der Waals surface area (Å²) in [4.78, 5) is 14.7. The van der Waals surface area contributed by atoms with Gasteiger partial charge in [-0.15, -0.1) is 0 Å². The van der Waals surface area contributed by atoms with Crippen LogP contribution in [0.25, 0.3) is 5.57 Å². The molecule has 0 aliphatic carbocycles. The van der Waals surface area contributed by atoms with Gasteiger partial charge in [0.05, 0.1) is 0 Å². The van der Waals surface area contributed by atoms with E-state index in [-0.39, 0.29) is 5.78 Å². The van der Waals surface area contributed by atoms with Crippen LogP contribution in [0.5, 0.6) is 5.75 Å². The summed E-state index contributed by atoms with van der Waals surface area (Å²) in [5.41, 5.74) is 2.42. The number of carbonyl (C=O) groups is 1. The second-order valence-corrected chi connectivity index (χ2v) is 5.28. The summed E-state index contributed by atoms with van der Waals surface area (Å²) in [5.74, 6) is 0.743. The molecule has 3 rings (SSSR count). The summed E-state index contributed by atoms with van der Waals surface area (Å²) in [6.07, 6.45) is 1.28. The van der Waals surface area contributed by atoms with Crippen LogP contribution in [0.1, 0.15) is 17.2 Å². The van der Waals surface area contributed by atoms with Gasteiger partial charge in [-0.25, -0.2) is 0 Å². The van der Waals surface area contributed by atoms with Crippen molar-refractivity contribution >= 4 is 11.4 Å². The van der Waals surface area contributed by atoms with Crippen molar-refractivity contribution in [2.75, 3.05) is 14.1 Å². The van der Waals surface area contributed by atoms with Crippen LogP contribution in [0, 0.1) is 0 Å². The molecule has 3 nitrogen and oxygen atoms in total. The normalized spacial score (nSPS) is 19.0. The van der Waals surface area contributed by atoms with Crippen LogP contribution in [0.3, 0.4) is 0 Å². The van der Waals surface area contributed by atoms with Gasteiger partial charge in [-0.1, -0.05) is 48.5 Å². The highest BCUT2D eigenvalue weighted by Gasteiger charge is 2.33. The molecular formula is C18H17NO2. The number of para-hydroxylation sites is 1. The molecule has 0 aromatic heterocycles. The maximum absolute atomic E-state index is 12.8. The standard InChI is InChI=1S/C18H17NO2/c1-19(2)12-15-14-10-6-7-11-16(14)21-18(17(15)20)13-8-4-3-5-9-13/h3-12,18H,1-2H3. The number of hydrogen-bond donors (Lipinski definition) is 0. The number of benzene rings is 2. The zero-order chi connectivity index (χ0) is 14.8. The van der Waals surface area contributed by atoms with Crippen LogP contribution < -0.4 is 4.74 Å². The molecule has 0 spiro atoms. The molecule has 3 heteroatoms. The summed E-state index contributed by atoms with van der Waals surface area (Å²) in [6, 6.07) is 17.3. The molecule has 106 valence electrons. The van der Waals surface area contributed by atoms with Gasteiger partial charge >= 0.3 is 0 Å². The minimum Gasteiger partial charge on any atom is -0.477 e. The molecule has 2 aromatic carbocycles. The molecule has 1 aliphatic rings. The maximum Gasteiger partial charge on any atom is 0.210 e. The van der Waals surface area contributed by atoms with Crippen molar-refractivity contribution in [2.24, 2.45) is 0 Å². The van der Waals surface area contributed by atoms with Gasteiger partial charge in [0.1, 0.15) is 5.75 Å². The van der Waals surface area contributed by atoms with Gasteiger partial charge in [-0.2, -0.15) is 0 Å². The molecule has 1 heterocycles. The summed E-state index contributed by atoms with van der Waals surface area (Å²) in [7, 11) is 3.83. The second kappa shape index (κ2) is 5.44. The lowest BCUT2D eigenvalue weighted by Gasteiger charge is -2.27. The van der Waals surface area contributed by atoms with E-state index in [0.717, 1.165) is 16.9 Å². The van der Waals surface area contributed by atoms with Crippen molar-refractivity contribution in [1.29, 1.82) is 0 Å². The van der Waals surface area contributed by atoms with Crippen LogP contribution >= 0.6 is 0 Å². The van der Waals surface area contributed by atoms with Crippen LogP contribution in [0.4, 0.5) is 0 Å². The fourth-order valence-corrected chi connectivity index (χ4v) is 2.48. The quantitative estimate of drug-likeness (QED) is 0.790. The van der Waals surface area contributed by atoms with Crippen molar-refractivity contribution in [2.45, 2.75) is 6.10 Å². The molecular weight excluding hydrogens is 262 g/mol. The molecule has 21 heavy (non-hydrogen) atoms. The monoisotopic (exact) mass is 279 g/mol. The Balaban J connectivity index is 2.11. The molecule has 0 amide bonds. The Bertz CT molecular complexity index is 689. The van der Waals surface area contributed by atoms with E-state index in [1.165, 1.54) is 0 Å². The summed E-state index contributed by atoms with van der Waals surface area (Å²) in [6.45, 7) is 0. The Labute approximate surface area is 124 Å². The van der Waals surface area contributed by atoms with Gasteiger partial charge in [-0.05, 0) is 6.07 Å². The highest BCUT2D eigenvalue weighted by Crippen LogP contribution is 2.38. The van der Waals surface area contributed by atoms with Crippen LogP contribution in [-0.4, -0.2) is 24.8 Å². The molecule has 0 bridgehead atoms. The number of Topliss-reactive ketones (excluding diaryl/α,β-unsaturated/α-hetero) is 1. The van der Waals surface area contributed by atoms with Gasteiger partial charge in [0.15, 0.2) is 6.10 Å². The van der Waals surface area contributed by atoms with Gasteiger partial charge < -0.3 is 9.64 Å². The third kappa shape index (κ3) is 2.55. The van der Waals surface area contributed by atoms with E-state index in [1.54, 1.807) is 0 Å². The van der Waals surface area contributed by atoms with Gasteiger partial charge in [0.2, 0.25) is 5.78 Å². The Kier molecular flexibility index (Phi) is 3.48. The van der Waals surface area contributed by atoms with Crippen molar-refractivity contribution < 1.29 is 9.53 Å². The minimum atomic E-state index is -0.577. The largest absolute Gasteiger partial charge is 0.477 e. The van der Waals surface area contributed by atoms with Gasteiger partial charge in [0, 0.05) is 37.0 Å². The van der Waals surface area contributed by atoms with Crippen LogP contribution in [-0.2, 0) is 4.79 Å². The lowest BCUT2D eigenvalue weighted by molar-refractivity contribution is -0.121. The summed E-state index contributed by atoms with van der Waals surface area (Å²) < 4.78 is 5.93. The third-order valence-corrected chi connectivity index (χ3v) is 3.42. The van der Waals surface area contributed by atoms with E-state index in [9.17, 15) is 4.79 Å². The number of rotatable bonds is 2. The maximum atomic E-state index is 12.8. The van der Waals surface area contributed by atoms with E-state index < -0.39 is 6.10 Å². The first-order chi connectivity index (χ1) is 10.2. The Hall–Kier alpha value is -2.55. The van der Waals surface area contributed by atoms with Crippen molar-refractivity contribution in [1.82, 2.24) is 4.90 Å². The first-order valence-corrected chi connectivity index (χ1v) is 6.90. The fraction of sp³-hybridized carbons (Fsp3) is 0.167. The van der Waals surface area contributed by atoms with E-state index in [4.69, 9.17) is 4.74 Å². The second-order valence-electron chi connectivity index (χ2n) is 5.28. The first-order valence-electron chi connectivity index (χ1n) is 6.90. The SMILES string of the molecule is CN(C)C=C1C(=O)C(c2ccccc2)Oc2ccccc21. The Morgan fingerprint density at radius 1 is 1.00 bits per heavy atom. The third-order valence-electron chi connectivity index (χ3n) is 3.42. The van der Waals surface area contributed by atoms with Crippen LogP contribution in [0.2, 0.25) is 0 Å². The number of ketones is 1. The number of fused-ring (bicyclic) bond motifs is 1. The molecule has 1 aliphatic heterocycles. The molecule has 2 aromatic rings. The van der Waals surface area contributed by atoms with E-state index in [0.29, 0.717) is 5.57 Å². The van der Waals surface area contributed by atoms with Gasteiger partial charge in [0.25, 0.3) is 0 Å². The predicted octanol–water partition coefficient (Wildman–Crippen LogP) is 3.29. The van der Waals surface area contributed by atoms with Crippen molar-refractivity contribution in [3.63, 3.8) is 0 Å². The predicted molar refractivity (Wildman–Crippen MR) is 82.9 cm³/mol. The fourth-order valence-electron chi connectivity index (χ4n) is 2.48. The number of carbonyl (C=O) groups excluding carboxylic acids is 1. The molecule has 0 radical (unpaired) electrons. The number of nitrogens with zero attached hydrogens (tertiary/aromatic N) is 1. The summed E-state index contributed by atoms with van der Waals surface area (Å²) >= 11 is 0. The molecule has 0 N–H and O–H groups in total. The van der Waals surface area contributed by atoms with Crippen molar-refractivity contribution in [3.05, 3.63) is 71.9 Å². The first kappa shape index (κ1) is 13.4. The summed E-state index contributed by atoms with van der Waals surface area (Å²) in [5, 5.41) is 0. The Morgan fingerprint density at radius 2 is 1.67 bits per heavy atom. The van der Waals surface area contributed by atoms with E-state index in [1.807, 2.05) is 79.8 Å². The minimum absolute atomic E-state index is 0.00593. The Morgan fingerprint density at radius 3 is 2.38 bits per heavy atom. The molecule has 0 fully saturated rings. The highest BCUT2D eigenvalue weighted by molar-refractivity contribution is 6.24. The number of hydrogen-bond acceptors (Lipinski definition) is 3. The van der Waals surface area contributed by atoms with E-state index in [2.05, 4.69) is 0 Å². The average Bonchev–Trinajstić information content (AvgIpc) is 2.50.